The summed E-state index contributed by atoms with van der Waals surface area (Å²) in [5.74, 6) is 0.189. The summed E-state index contributed by atoms with van der Waals surface area (Å²) >= 11 is 1.25. The van der Waals surface area contributed by atoms with Crippen molar-refractivity contribution in [3.8, 4) is 11.5 Å². The van der Waals surface area contributed by atoms with Crippen molar-refractivity contribution in [1.29, 1.82) is 0 Å². The van der Waals surface area contributed by atoms with Crippen molar-refractivity contribution in [1.82, 2.24) is 5.43 Å². The Balaban J connectivity index is 2.21. The summed E-state index contributed by atoms with van der Waals surface area (Å²) in [7, 11) is 3.01. The van der Waals surface area contributed by atoms with Gasteiger partial charge in [-0.2, -0.15) is 5.10 Å². The van der Waals surface area contributed by atoms with Crippen LogP contribution in [0.2, 0.25) is 0 Å². The Morgan fingerprint density at radius 3 is 2.44 bits per heavy atom. The van der Waals surface area contributed by atoms with Gasteiger partial charge in [0.25, 0.3) is 11.8 Å². The molecule has 0 atom stereocenters. The number of amides is 2. The topological polar surface area (TPSA) is 89.0 Å². The Labute approximate surface area is 149 Å². The van der Waals surface area contributed by atoms with Crippen LogP contribution in [0.5, 0.6) is 11.5 Å². The highest BCUT2D eigenvalue weighted by atomic mass is 32.1. The van der Waals surface area contributed by atoms with E-state index < -0.39 is 0 Å². The van der Waals surface area contributed by atoms with E-state index in [1.165, 1.54) is 25.6 Å². The van der Waals surface area contributed by atoms with E-state index in [1.54, 1.807) is 43.5 Å². The summed E-state index contributed by atoms with van der Waals surface area (Å²) in [6, 6.07) is 6.51. The average molecular weight is 361 g/mol. The molecule has 2 aromatic rings. The van der Waals surface area contributed by atoms with Crippen LogP contribution in [-0.2, 0) is 0 Å². The third kappa shape index (κ3) is 4.57. The molecule has 2 N–H and O–H groups in total. The first-order chi connectivity index (χ1) is 12.0. The van der Waals surface area contributed by atoms with Crippen LogP contribution in [0.25, 0.3) is 0 Å². The summed E-state index contributed by atoms with van der Waals surface area (Å²) in [5, 5.41) is 8.77. The molecule has 1 aromatic carbocycles. The minimum atomic E-state index is -0.389. The van der Waals surface area contributed by atoms with Crippen molar-refractivity contribution in [3.63, 3.8) is 0 Å². The Hall–Kier alpha value is -2.87. The zero-order chi connectivity index (χ0) is 18.4. The number of benzene rings is 1. The molecular formula is C17H19N3O4S. The summed E-state index contributed by atoms with van der Waals surface area (Å²) in [4.78, 5) is 24.7. The lowest BCUT2D eigenvalue weighted by atomic mass is 10.1. The van der Waals surface area contributed by atoms with Gasteiger partial charge >= 0.3 is 0 Å². The van der Waals surface area contributed by atoms with E-state index in [0.29, 0.717) is 27.6 Å². The number of nitrogens with one attached hydrogen (secondary N) is 2. The molecule has 0 saturated heterocycles. The number of thiophene rings is 1. The highest BCUT2D eigenvalue weighted by Crippen LogP contribution is 2.28. The molecule has 0 aliphatic carbocycles. The summed E-state index contributed by atoms with van der Waals surface area (Å²) in [5.41, 5.74) is 3.84. The standard InChI is InChI=1S/C17H19N3O4S/c1-10(2)19-20-16(22)13-7-8-25-17(13)18-15(21)12-6-5-11(23-3)9-14(12)24-4/h5-9H,1-4H3,(H,18,21)(H,20,22). The van der Waals surface area contributed by atoms with E-state index in [0.717, 1.165) is 5.71 Å². The number of methoxy groups -OCH3 is 2. The third-order valence-electron chi connectivity index (χ3n) is 3.17. The minimum Gasteiger partial charge on any atom is -0.497 e. The molecular weight excluding hydrogens is 342 g/mol. The molecule has 1 heterocycles. The molecule has 1 aromatic heterocycles. The molecule has 7 nitrogen and oxygen atoms in total. The summed E-state index contributed by atoms with van der Waals surface area (Å²) in [6.45, 7) is 3.54. The van der Waals surface area contributed by atoms with Gasteiger partial charge in [0, 0.05) is 11.8 Å². The molecule has 132 valence electrons. The maximum absolute atomic E-state index is 12.5. The first-order valence-corrected chi connectivity index (χ1v) is 8.26. The second-order valence-corrected chi connectivity index (χ2v) is 6.10. The molecule has 0 aliphatic heterocycles. The van der Waals surface area contributed by atoms with Crippen molar-refractivity contribution >= 4 is 33.9 Å². The number of anilines is 1. The fourth-order valence-electron chi connectivity index (χ4n) is 1.96. The van der Waals surface area contributed by atoms with Gasteiger partial charge in [-0.3, -0.25) is 9.59 Å². The monoisotopic (exact) mass is 361 g/mol. The molecule has 2 rings (SSSR count). The van der Waals surface area contributed by atoms with Crippen LogP contribution >= 0.6 is 11.3 Å². The lowest BCUT2D eigenvalue weighted by Crippen LogP contribution is -2.20. The second-order valence-electron chi connectivity index (χ2n) is 5.18. The van der Waals surface area contributed by atoms with Crippen LogP contribution in [0, 0.1) is 0 Å². The highest BCUT2D eigenvalue weighted by Gasteiger charge is 2.18. The second kappa shape index (κ2) is 8.29. The Morgan fingerprint density at radius 1 is 1.04 bits per heavy atom. The van der Waals surface area contributed by atoms with Gasteiger partial charge in [-0.1, -0.05) is 0 Å². The van der Waals surface area contributed by atoms with Crippen molar-refractivity contribution in [2.75, 3.05) is 19.5 Å². The molecule has 8 heteroatoms. The van der Waals surface area contributed by atoms with Crippen molar-refractivity contribution in [3.05, 3.63) is 40.8 Å². The van der Waals surface area contributed by atoms with Gasteiger partial charge in [-0.25, -0.2) is 5.43 Å². The van der Waals surface area contributed by atoms with E-state index in [2.05, 4.69) is 15.8 Å². The van der Waals surface area contributed by atoms with Gasteiger partial charge in [-0.15, -0.1) is 11.3 Å². The SMILES string of the molecule is COc1ccc(C(=O)Nc2sccc2C(=O)NN=C(C)C)c(OC)c1. The summed E-state index contributed by atoms with van der Waals surface area (Å²) < 4.78 is 10.4. The molecule has 25 heavy (non-hydrogen) atoms. The van der Waals surface area contributed by atoms with Gasteiger partial charge in [0.15, 0.2) is 0 Å². The van der Waals surface area contributed by atoms with Crippen LogP contribution < -0.4 is 20.2 Å². The number of hydrogen-bond acceptors (Lipinski definition) is 6. The van der Waals surface area contributed by atoms with E-state index >= 15 is 0 Å². The third-order valence-corrected chi connectivity index (χ3v) is 4.00. The van der Waals surface area contributed by atoms with Crippen LogP contribution in [0.3, 0.4) is 0 Å². The Morgan fingerprint density at radius 2 is 1.80 bits per heavy atom. The van der Waals surface area contributed by atoms with Crippen LogP contribution in [-0.4, -0.2) is 31.7 Å². The van der Waals surface area contributed by atoms with E-state index in [4.69, 9.17) is 9.47 Å². The zero-order valence-electron chi connectivity index (χ0n) is 14.4. The molecule has 0 fully saturated rings. The van der Waals surface area contributed by atoms with Gasteiger partial charge in [0.1, 0.15) is 16.5 Å². The first-order valence-electron chi connectivity index (χ1n) is 7.38. The Bertz CT molecular complexity index is 810. The maximum Gasteiger partial charge on any atom is 0.274 e. The highest BCUT2D eigenvalue weighted by molar-refractivity contribution is 7.14. The minimum absolute atomic E-state index is 0.338. The number of carbonyl (C=O) groups excluding carboxylic acids is 2. The van der Waals surface area contributed by atoms with Crippen molar-refractivity contribution in [2.24, 2.45) is 5.10 Å². The largest absolute Gasteiger partial charge is 0.497 e. The van der Waals surface area contributed by atoms with E-state index in [-0.39, 0.29) is 11.8 Å². The average Bonchev–Trinajstić information content (AvgIpc) is 3.06. The molecule has 0 aliphatic rings. The fourth-order valence-corrected chi connectivity index (χ4v) is 2.74. The predicted octanol–water partition coefficient (Wildman–Crippen LogP) is 3.14. The normalized spacial score (nSPS) is 9.92. The number of carbonyl (C=O) groups is 2. The molecule has 0 unspecified atom stereocenters. The number of hydrazone groups is 1. The zero-order valence-corrected chi connectivity index (χ0v) is 15.2. The van der Waals surface area contributed by atoms with Gasteiger partial charge in [0.2, 0.25) is 0 Å². The van der Waals surface area contributed by atoms with Gasteiger partial charge in [-0.05, 0) is 37.4 Å². The fraction of sp³-hybridized carbons (Fsp3) is 0.235. The number of ether oxygens (including phenoxy) is 2. The lowest BCUT2D eigenvalue weighted by molar-refractivity contribution is 0.0956. The molecule has 0 bridgehead atoms. The molecule has 0 radical (unpaired) electrons. The lowest BCUT2D eigenvalue weighted by Gasteiger charge is -2.11. The van der Waals surface area contributed by atoms with Crippen molar-refractivity contribution in [2.45, 2.75) is 13.8 Å². The predicted molar refractivity (Wildman–Crippen MR) is 98.1 cm³/mol. The first kappa shape index (κ1) is 18.5. The number of rotatable bonds is 6. The van der Waals surface area contributed by atoms with Crippen molar-refractivity contribution < 1.29 is 19.1 Å². The smallest absolute Gasteiger partial charge is 0.274 e. The van der Waals surface area contributed by atoms with E-state index in [1.807, 2.05) is 0 Å². The summed E-state index contributed by atoms with van der Waals surface area (Å²) in [6.07, 6.45) is 0. The number of nitrogens with zero attached hydrogens (tertiary/aromatic N) is 1. The quantitative estimate of drug-likeness (QED) is 0.611. The molecule has 0 saturated carbocycles. The van der Waals surface area contributed by atoms with Crippen LogP contribution in [0.1, 0.15) is 34.6 Å². The van der Waals surface area contributed by atoms with Crippen LogP contribution in [0.15, 0.2) is 34.7 Å². The van der Waals surface area contributed by atoms with Gasteiger partial charge in [0.05, 0.1) is 25.3 Å². The molecule has 2 amide bonds. The Kier molecular flexibility index (Phi) is 6.13. The maximum atomic E-state index is 12.5. The number of hydrogen-bond donors (Lipinski definition) is 2. The van der Waals surface area contributed by atoms with Gasteiger partial charge < -0.3 is 14.8 Å². The van der Waals surface area contributed by atoms with Crippen LogP contribution in [0.4, 0.5) is 5.00 Å². The molecule has 0 spiro atoms. The van der Waals surface area contributed by atoms with E-state index in [9.17, 15) is 9.59 Å².